The van der Waals surface area contributed by atoms with Gasteiger partial charge in [-0.2, -0.15) is 0 Å². The van der Waals surface area contributed by atoms with Crippen LogP contribution in [0.1, 0.15) is 36.8 Å². The number of nitrogens with two attached hydrogens (primary N) is 1. The summed E-state index contributed by atoms with van der Waals surface area (Å²) in [6.07, 6.45) is 2.62. The molecule has 1 aromatic carbocycles. The number of carboxylic acid groups (broad SMARTS) is 1. The van der Waals surface area contributed by atoms with Crippen LogP contribution in [0.4, 0.5) is 0 Å². The highest BCUT2D eigenvalue weighted by molar-refractivity contribution is 5.92. The molecule has 3 rings (SSSR count). The number of likely N-dealkylation sites (tertiary alicyclic amines) is 1. The van der Waals surface area contributed by atoms with Gasteiger partial charge in [0.2, 0.25) is 11.8 Å². The van der Waals surface area contributed by atoms with Crippen molar-refractivity contribution in [1.82, 2.24) is 15.5 Å². The van der Waals surface area contributed by atoms with Gasteiger partial charge in [-0.05, 0) is 49.8 Å². The predicted molar refractivity (Wildman–Crippen MR) is 103 cm³/mol. The van der Waals surface area contributed by atoms with E-state index in [0.717, 1.165) is 5.56 Å². The van der Waals surface area contributed by atoms with Crippen LogP contribution < -0.4 is 16.4 Å². The Labute approximate surface area is 164 Å². The highest BCUT2D eigenvalue weighted by Crippen LogP contribution is 2.20. The smallest absolute Gasteiger partial charge is 0.326 e. The lowest BCUT2D eigenvalue weighted by Crippen LogP contribution is -2.56. The summed E-state index contributed by atoms with van der Waals surface area (Å²) in [6, 6.07) is 5.97. The number of carbonyl (C=O) groups excluding carboxylic acids is 2. The van der Waals surface area contributed by atoms with Gasteiger partial charge in [0.15, 0.2) is 0 Å². The molecule has 5 N–H and O–H groups in total. The summed E-state index contributed by atoms with van der Waals surface area (Å²) in [5.41, 5.74) is 7.88. The summed E-state index contributed by atoms with van der Waals surface area (Å²) in [7, 11) is 0. The molecule has 0 saturated carbocycles. The van der Waals surface area contributed by atoms with E-state index in [4.69, 9.17) is 5.73 Å². The maximum Gasteiger partial charge on any atom is 0.326 e. The third-order valence-electron chi connectivity index (χ3n) is 5.53. The van der Waals surface area contributed by atoms with E-state index in [-0.39, 0.29) is 11.8 Å². The second kappa shape index (κ2) is 9.16. The van der Waals surface area contributed by atoms with Gasteiger partial charge in [-0.15, -0.1) is 0 Å². The van der Waals surface area contributed by atoms with Crippen molar-refractivity contribution in [3.63, 3.8) is 0 Å². The van der Waals surface area contributed by atoms with Gasteiger partial charge >= 0.3 is 5.97 Å². The number of nitrogens with zero attached hydrogens (tertiary/aromatic N) is 1. The number of hydrogen-bond acceptors (Lipinski definition) is 5. The lowest BCUT2D eigenvalue weighted by molar-refractivity contribution is -0.149. The SMILES string of the molecule is NCCC[C@H](NC(=O)C1Cc2ccccc2CN1)C(=O)N1CCC[C@H]1C(=O)O. The van der Waals surface area contributed by atoms with Crippen LogP contribution in [0.2, 0.25) is 0 Å². The van der Waals surface area contributed by atoms with Gasteiger partial charge < -0.3 is 26.4 Å². The molecule has 1 fully saturated rings. The summed E-state index contributed by atoms with van der Waals surface area (Å²) in [6.45, 7) is 1.40. The summed E-state index contributed by atoms with van der Waals surface area (Å²) in [5.74, 6) is -1.57. The van der Waals surface area contributed by atoms with Crippen molar-refractivity contribution in [3.05, 3.63) is 35.4 Å². The molecule has 8 heteroatoms. The van der Waals surface area contributed by atoms with Crippen LogP contribution in [0.25, 0.3) is 0 Å². The van der Waals surface area contributed by atoms with Crippen molar-refractivity contribution in [2.45, 2.75) is 56.8 Å². The summed E-state index contributed by atoms with van der Waals surface area (Å²) < 4.78 is 0. The molecule has 0 spiro atoms. The van der Waals surface area contributed by atoms with Crippen LogP contribution >= 0.6 is 0 Å². The molecular weight excluding hydrogens is 360 g/mol. The Morgan fingerprint density at radius 3 is 2.75 bits per heavy atom. The molecule has 2 amide bonds. The summed E-state index contributed by atoms with van der Waals surface area (Å²) in [4.78, 5) is 38.6. The fourth-order valence-corrected chi connectivity index (χ4v) is 3.98. The van der Waals surface area contributed by atoms with E-state index in [2.05, 4.69) is 10.6 Å². The van der Waals surface area contributed by atoms with Crippen molar-refractivity contribution in [2.24, 2.45) is 5.73 Å². The first-order valence-corrected chi connectivity index (χ1v) is 9.85. The zero-order chi connectivity index (χ0) is 20.1. The number of nitrogens with one attached hydrogen (secondary N) is 2. The number of rotatable bonds is 7. The maximum absolute atomic E-state index is 13.0. The largest absolute Gasteiger partial charge is 0.480 e. The lowest BCUT2D eigenvalue weighted by Gasteiger charge is -2.30. The van der Waals surface area contributed by atoms with Crippen LogP contribution in [-0.4, -0.2) is 59.0 Å². The molecule has 8 nitrogen and oxygen atoms in total. The van der Waals surface area contributed by atoms with E-state index in [1.807, 2.05) is 24.3 Å². The Hall–Kier alpha value is -2.45. The molecule has 0 bridgehead atoms. The molecular formula is C20H28N4O4. The Kier molecular flexibility index (Phi) is 6.64. The van der Waals surface area contributed by atoms with Gasteiger partial charge in [0, 0.05) is 13.1 Å². The molecule has 1 aromatic rings. The predicted octanol–water partition coefficient (Wildman–Crippen LogP) is 0.000200. The first kappa shape index (κ1) is 20.3. The number of aliphatic carboxylic acids is 1. The molecule has 152 valence electrons. The fraction of sp³-hybridized carbons (Fsp3) is 0.550. The molecule has 2 aliphatic rings. The van der Waals surface area contributed by atoms with Crippen molar-refractivity contribution < 1.29 is 19.5 Å². The molecule has 28 heavy (non-hydrogen) atoms. The van der Waals surface area contributed by atoms with Gasteiger partial charge in [0.05, 0.1) is 6.04 Å². The normalized spacial score (nSPS) is 22.4. The number of carboxylic acids is 1. The number of hydrogen-bond donors (Lipinski definition) is 4. The van der Waals surface area contributed by atoms with E-state index in [1.54, 1.807) is 0 Å². The van der Waals surface area contributed by atoms with E-state index in [9.17, 15) is 19.5 Å². The van der Waals surface area contributed by atoms with Crippen molar-refractivity contribution >= 4 is 17.8 Å². The standard InChI is InChI=1S/C20H28N4O4/c21-9-3-7-15(19(26)24-10-4-8-17(24)20(27)28)23-18(25)16-11-13-5-1-2-6-14(13)12-22-16/h1-2,5-6,15-17,22H,3-4,7-12,21H2,(H,23,25)(H,27,28)/t15-,16?,17-/m0/s1. The van der Waals surface area contributed by atoms with Crippen LogP contribution in [0.5, 0.6) is 0 Å². The first-order valence-electron chi connectivity index (χ1n) is 9.85. The Morgan fingerprint density at radius 2 is 2.04 bits per heavy atom. The average molecular weight is 388 g/mol. The highest BCUT2D eigenvalue weighted by atomic mass is 16.4. The van der Waals surface area contributed by atoms with Crippen LogP contribution in [-0.2, 0) is 27.3 Å². The molecule has 2 heterocycles. The minimum absolute atomic E-state index is 0.240. The number of fused-ring (bicyclic) bond motifs is 1. The zero-order valence-electron chi connectivity index (χ0n) is 15.9. The molecule has 1 unspecified atom stereocenters. The van der Waals surface area contributed by atoms with Gasteiger partial charge in [0.1, 0.15) is 12.1 Å². The van der Waals surface area contributed by atoms with E-state index >= 15 is 0 Å². The van der Waals surface area contributed by atoms with Crippen LogP contribution in [0.3, 0.4) is 0 Å². The summed E-state index contributed by atoms with van der Waals surface area (Å²) >= 11 is 0. The van der Waals surface area contributed by atoms with Crippen LogP contribution in [0, 0.1) is 0 Å². The van der Waals surface area contributed by atoms with Gasteiger partial charge in [-0.3, -0.25) is 9.59 Å². The molecule has 1 saturated heterocycles. The minimum Gasteiger partial charge on any atom is -0.480 e. The Morgan fingerprint density at radius 1 is 1.29 bits per heavy atom. The lowest BCUT2D eigenvalue weighted by atomic mass is 9.95. The number of benzene rings is 1. The van der Waals surface area contributed by atoms with Crippen molar-refractivity contribution in [3.8, 4) is 0 Å². The first-order chi connectivity index (χ1) is 13.5. The second-order valence-electron chi connectivity index (χ2n) is 7.43. The summed E-state index contributed by atoms with van der Waals surface area (Å²) in [5, 5.41) is 15.4. The van der Waals surface area contributed by atoms with E-state index in [1.165, 1.54) is 10.5 Å². The van der Waals surface area contributed by atoms with Crippen molar-refractivity contribution in [1.29, 1.82) is 0 Å². The van der Waals surface area contributed by atoms with Crippen LogP contribution in [0.15, 0.2) is 24.3 Å². The number of carbonyl (C=O) groups is 3. The molecule has 0 radical (unpaired) electrons. The fourth-order valence-electron chi connectivity index (χ4n) is 3.98. The molecule has 0 aromatic heterocycles. The third-order valence-corrected chi connectivity index (χ3v) is 5.53. The number of amides is 2. The Bertz CT molecular complexity index is 739. The topological polar surface area (TPSA) is 125 Å². The van der Waals surface area contributed by atoms with Gasteiger partial charge in [-0.1, -0.05) is 24.3 Å². The van der Waals surface area contributed by atoms with Gasteiger partial charge in [0.25, 0.3) is 0 Å². The average Bonchev–Trinajstić information content (AvgIpc) is 3.20. The van der Waals surface area contributed by atoms with Crippen molar-refractivity contribution in [2.75, 3.05) is 13.1 Å². The molecule has 3 atom stereocenters. The molecule has 0 aliphatic carbocycles. The minimum atomic E-state index is -1.000. The van der Waals surface area contributed by atoms with E-state index < -0.39 is 24.1 Å². The van der Waals surface area contributed by atoms with E-state index in [0.29, 0.717) is 51.7 Å². The van der Waals surface area contributed by atoms with Gasteiger partial charge in [-0.25, -0.2) is 4.79 Å². The maximum atomic E-state index is 13.0. The Balaban J connectivity index is 1.67. The highest BCUT2D eigenvalue weighted by Gasteiger charge is 2.38. The quantitative estimate of drug-likeness (QED) is 0.521. The monoisotopic (exact) mass is 388 g/mol. The molecule has 2 aliphatic heterocycles. The zero-order valence-corrected chi connectivity index (χ0v) is 15.9. The second-order valence-corrected chi connectivity index (χ2v) is 7.43. The third kappa shape index (κ3) is 4.51.